The number of hydrogen-bond donors (Lipinski definition) is 1. The molecule has 1 N–H and O–H groups in total. The molecule has 0 saturated carbocycles. The summed E-state index contributed by atoms with van der Waals surface area (Å²) in [5, 5.41) is 5.82. The van der Waals surface area contributed by atoms with Gasteiger partial charge in [-0.15, -0.1) is 11.3 Å². The molecular weight excluding hydrogens is 240 g/mol. The Labute approximate surface area is 115 Å². The van der Waals surface area contributed by atoms with E-state index in [4.69, 9.17) is 0 Å². The van der Waals surface area contributed by atoms with Gasteiger partial charge in [-0.3, -0.25) is 0 Å². The molecule has 18 heavy (non-hydrogen) atoms. The Morgan fingerprint density at radius 1 is 1.50 bits per heavy atom. The summed E-state index contributed by atoms with van der Waals surface area (Å²) in [7, 11) is 2.26. The van der Waals surface area contributed by atoms with E-state index in [1.54, 1.807) is 0 Å². The number of rotatable bonds is 6. The fraction of sp³-hybridized carbons (Fsp3) is 0.733. The van der Waals surface area contributed by atoms with Gasteiger partial charge in [-0.2, -0.15) is 0 Å². The van der Waals surface area contributed by atoms with Crippen molar-refractivity contribution in [2.45, 2.75) is 51.1 Å². The van der Waals surface area contributed by atoms with Gasteiger partial charge in [-0.05, 0) is 57.6 Å². The average molecular weight is 266 g/mol. The topological polar surface area (TPSA) is 15.3 Å². The first-order chi connectivity index (χ1) is 8.75. The first-order valence-electron chi connectivity index (χ1n) is 7.21. The molecule has 0 aliphatic carbocycles. The highest BCUT2D eigenvalue weighted by atomic mass is 32.1. The molecule has 2 heterocycles. The average Bonchev–Trinajstić information content (AvgIpc) is 2.90. The van der Waals surface area contributed by atoms with Crippen LogP contribution in [-0.4, -0.2) is 37.1 Å². The third-order valence-electron chi connectivity index (χ3n) is 4.08. The van der Waals surface area contributed by atoms with Crippen LogP contribution in [0.2, 0.25) is 0 Å². The molecule has 1 fully saturated rings. The molecule has 2 rings (SSSR count). The molecule has 2 atom stereocenters. The Balaban J connectivity index is 1.68. The predicted octanol–water partition coefficient (Wildman–Crippen LogP) is 3.14. The number of likely N-dealkylation sites (N-methyl/N-ethyl adjacent to an activating group) is 1. The quantitative estimate of drug-likeness (QED) is 0.851. The molecule has 102 valence electrons. The normalized spacial score (nSPS) is 22.3. The maximum absolute atomic E-state index is 3.65. The zero-order chi connectivity index (χ0) is 12.8. The van der Waals surface area contributed by atoms with E-state index in [-0.39, 0.29) is 0 Å². The van der Waals surface area contributed by atoms with Crippen LogP contribution < -0.4 is 5.32 Å². The number of nitrogens with one attached hydrogen (secondary N) is 1. The molecule has 1 aromatic heterocycles. The first-order valence-corrected chi connectivity index (χ1v) is 8.09. The van der Waals surface area contributed by atoms with E-state index in [1.165, 1.54) is 50.1 Å². The minimum Gasteiger partial charge on any atom is -0.314 e. The molecule has 1 aliphatic rings. The van der Waals surface area contributed by atoms with Crippen LogP contribution >= 0.6 is 11.3 Å². The predicted molar refractivity (Wildman–Crippen MR) is 80.4 cm³/mol. The van der Waals surface area contributed by atoms with Crippen molar-refractivity contribution in [3.63, 3.8) is 0 Å². The number of thiophene rings is 1. The third kappa shape index (κ3) is 4.38. The third-order valence-corrected chi connectivity index (χ3v) is 5.02. The summed E-state index contributed by atoms with van der Waals surface area (Å²) in [6.07, 6.45) is 6.61. The van der Waals surface area contributed by atoms with E-state index >= 15 is 0 Å². The van der Waals surface area contributed by atoms with Crippen LogP contribution in [0.25, 0.3) is 0 Å². The Bertz CT molecular complexity index is 317. The number of piperidine rings is 1. The van der Waals surface area contributed by atoms with Gasteiger partial charge in [0.25, 0.3) is 0 Å². The molecule has 0 radical (unpaired) electrons. The Hall–Kier alpha value is -0.380. The lowest BCUT2D eigenvalue weighted by atomic mass is 9.98. The fourth-order valence-electron chi connectivity index (χ4n) is 2.68. The Morgan fingerprint density at radius 2 is 2.39 bits per heavy atom. The standard InChI is InChI=1S/C15H26N2S/c1-13(12-14-6-3-4-9-16-14)17(2)10-8-15-7-5-11-18-15/h5,7,11,13-14,16H,3-4,6,8-10,12H2,1-2H3. The summed E-state index contributed by atoms with van der Waals surface area (Å²) in [6, 6.07) is 5.82. The Kier molecular flexibility index (Phi) is 5.67. The summed E-state index contributed by atoms with van der Waals surface area (Å²) in [5.41, 5.74) is 0. The van der Waals surface area contributed by atoms with Gasteiger partial charge in [0.2, 0.25) is 0 Å². The van der Waals surface area contributed by atoms with Crippen molar-refractivity contribution in [2.75, 3.05) is 20.1 Å². The van der Waals surface area contributed by atoms with Crippen LogP contribution in [-0.2, 0) is 6.42 Å². The molecule has 1 aliphatic heterocycles. The highest BCUT2D eigenvalue weighted by Crippen LogP contribution is 2.15. The van der Waals surface area contributed by atoms with Crippen LogP contribution in [0.4, 0.5) is 0 Å². The zero-order valence-corrected chi connectivity index (χ0v) is 12.5. The summed E-state index contributed by atoms with van der Waals surface area (Å²) in [4.78, 5) is 4.01. The van der Waals surface area contributed by atoms with E-state index in [9.17, 15) is 0 Å². The molecule has 3 heteroatoms. The van der Waals surface area contributed by atoms with Crippen molar-refractivity contribution < 1.29 is 0 Å². The SMILES string of the molecule is CC(CC1CCCCN1)N(C)CCc1cccs1. The van der Waals surface area contributed by atoms with Gasteiger partial charge in [0, 0.05) is 23.5 Å². The molecule has 0 aromatic carbocycles. The minimum atomic E-state index is 0.681. The van der Waals surface area contributed by atoms with Crippen LogP contribution in [0.5, 0.6) is 0 Å². The molecule has 2 nitrogen and oxygen atoms in total. The van der Waals surface area contributed by atoms with Crippen molar-refractivity contribution in [1.82, 2.24) is 10.2 Å². The van der Waals surface area contributed by atoms with Crippen LogP contribution in [0.1, 0.15) is 37.5 Å². The number of nitrogens with zero attached hydrogens (tertiary/aromatic N) is 1. The van der Waals surface area contributed by atoms with Gasteiger partial charge in [-0.1, -0.05) is 12.5 Å². The molecule has 1 saturated heterocycles. The maximum Gasteiger partial charge on any atom is 0.00818 e. The summed E-state index contributed by atoms with van der Waals surface area (Å²) < 4.78 is 0. The maximum atomic E-state index is 3.65. The Morgan fingerprint density at radius 3 is 3.06 bits per heavy atom. The van der Waals surface area contributed by atoms with Crippen molar-refractivity contribution in [3.05, 3.63) is 22.4 Å². The van der Waals surface area contributed by atoms with Gasteiger partial charge in [0.1, 0.15) is 0 Å². The van der Waals surface area contributed by atoms with E-state index in [2.05, 4.69) is 41.7 Å². The van der Waals surface area contributed by atoms with Crippen molar-refractivity contribution in [3.8, 4) is 0 Å². The van der Waals surface area contributed by atoms with E-state index < -0.39 is 0 Å². The van der Waals surface area contributed by atoms with Gasteiger partial charge in [0.15, 0.2) is 0 Å². The molecule has 0 amide bonds. The molecule has 2 unspecified atom stereocenters. The second-order valence-electron chi connectivity index (χ2n) is 5.54. The monoisotopic (exact) mass is 266 g/mol. The van der Waals surface area contributed by atoms with Crippen molar-refractivity contribution in [2.24, 2.45) is 0 Å². The lowest BCUT2D eigenvalue weighted by molar-refractivity contribution is 0.219. The van der Waals surface area contributed by atoms with Crippen LogP contribution in [0, 0.1) is 0 Å². The van der Waals surface area contributed by atoms with Gasteiger partial charge in [0.05, 0.1) is 0 Å². The second kappa shape index (κ2) is 7.27. The summed E-state index contributed by atoms with van der Waals surface area (Å²) in [6.45, 7) is 4.76. The van der Waals surface area contributed by atoms with E-state index in [0.717, 1.165) is 6.04 Å². The molecule has 1 aromatic rings. The van der Waals surface area contributed by atoms with Crippen LogP contribution in [0.15, 0.2) is 17.5 Å². The largest absolute Gasteiger partial charge is 0.314 e. The lowest BCUT2D eigenvalue weighted by Gasteiger charge is -2.31. The van der Waals surface area contributed by atoms with Crippen molar-refractivity contribution >= 4 is 11.3 Å². The van der Waals surface area contributed by atoms with E-state index in [1.807, 2.05) is 11.3 Å². The fourth-order valence-corrected chi connectivity index (χ4v) is 3.38. The lowest BCUT2D eigenvalue weighted by Crippen LogP contribution is -2.41. The second-order valence-corrected chi connectivity index (χ2v) is 6.57. The highest BCUT2D eigenvalue weighted by Gasteiger charge is 2.18. The summed E-state index contributed by atoms with van der Waals surface area (Å²) in [5.74, 6) is 0. The van der Waals surface area contributed by atoms with Crippen molar-refractivity contribution in [1.29, 1.82) is 0 Å². The van der Waals surface area contributed by atoms with E-state index in [0.29, 0.717) is 6.04 Å². The van der Waals surface area contributed by atoms with Gasteiger partial charge < -0.3 is 10.2 Å². The first kappa shape index (κ1) is 14.0. The minimum absolute atomic E-state index is 0.681. The smallest absolute Gasteiger partial charge is 0.00818 e. The number of hydrogen-bond acceptors (Lipinski definition) is 3. The van der Waals surface area contributed by atoms with Gasteiger partial charge in [-0.25, -0.2) is 0 Å². The summed E-state index contributed by atoms with van der Waals surface area (Å²) >= 11 is 1.87. The highest BCUT2D eigenvalue weighted by molar-refractivity contribution is 7.09. The zero-order valence-electron chi connectivity index (χ0n) is 11.7. The molecular formula is C15H26N2S. The molecule has 0 bridgehead atoms. The molecule has 0 spiro atoms. The van der Waals surface area contributed by atoms with Crippen LogP contribution in [0.3, 0.4) is 0 Å². The van der Waals surface area contributed by atoms with Gasteiger partial charge >= 0.3 is 0 Å².